The Hall–Kier alpha value is -3.05. The topological polar surface area (TPSA) is 116 Å². The highest BCUT2D eigenvalue weighted by Crippen LogP contribution is 2.27. The lowest BCUT2D eigenvalue weighted by molar-refractivity contribution is -0.126. The van der Waals surface area contributed by atoms with Crippen molar-refractivity contribution in [1.29, 1.82) is 0 Å². The minimum absolute atomic E-state index is 0.0337. The molecule has 34 heavy (non-hydrogen) atoms. The van der Waals surface area contributed by atoms with Gasteiger partial charge in [0.05, 0.1) is 11.7 Å². The van der Waals surface area contributed by atoms with Crippen LogP contribution >= 0.6 is 0 Å². The van der Waals surface area contributed by atoms with Gasteiger partial charge in [0.1, 0.15) is 0 Å². The van der Waals surface area contributed by atoms with E-state index in [1.165, 1.54) is 4.31 Å². The van der Waals surface area contributed by atoms with Gasteiger partial charge in [-0.25, -0.2) is 18.4 Å². The lowest BCUT2D eigenvalue weighted by Crippen LogP contribution is -2.50. The molecule has 2 aliphatic rings. The molecule has 0 spiro atoms. The summed E-state index contributed by atoms with van der Waals surface area (Å²) in [4.78, 5) is 37.1. The van der Waals surface area contributed by atoms with Gasteiger partial charge in [-0.05, 0) is 31.0 Å². The van der Waals surface area contributed by atoms with Gasteiger partial charge in [0.2, 0.25) is 27.8 Å². The Morgan fingerprint density at radius 1 is 1.09 bits per heavy atom. The fraction of sp³-hybridized carbons (Fsp3) is 0.478. The standard InChI is InChI=1S/C23H30N6O4S/c1-18-6-2-3-7-20(18)29-17-19(16-21(29)30)22(31)24-10-5-15-34(32,33)28-13-11-27(12-14-28)23-25-8-4-9-26-23/h2-4,6-9,19H,5,10-17H2,1H3,(H,24,31). The molecule has 10 nitrogen and oxygen atoms in total. The Labute approximate surface area is 200 Å². The van der Waals surface area contributed by atoms with E-state index in [9.17, 15) is 18.0 Å². The minimum atomic E-state index is -3.41. The molecule has 182 valence electrons. The van der Waals surface area contributed by atoms with Gasteiger partial charge in [0, 0.05) is 63.8 Å². The maximum Gasteiger partial charge on any atom is 0.227 e. The zero-order valence-electron chi connectivity index (χ0n) is 19.3. The fourth-order valence-corrected chi connectivity index (χ4v) is 5.83. The van der Waals surface area contributed by atoms with E-state index in [-0.39, 0.29) is 30.5 Å². The van der Waals surface area contributed by atoms with Gasteiger partial charge < -0.3 is 15.1 Å². The van der Waals surface area contributed by atoms with Crippen LogP contribution < -0.4 is 15.1 Å². The molecule has 1 N–H and O–H groups in total. The molecular weight excluding hydrogens is 456 g/mol. The second-order valence-corrected chi connectivity index (χ2v) is 10.7. The van der Waals surface area contributed by atoms with E-state index >= 15 is 0 Å². The number of carbonyl (C=O) groups excluding carboxylic acids is 2. The zero-order chi connectivity index (χ0) is 24.1. The first-order valence-electron chi connectivity index (χ1n) is 11.5. The molecule has 1 unspecified atom stereocenters. The van der Waals surface area contributed by atoms with E-state index in [4.69, 9.17) is 0 Å². The van der Waals surface area contributed by atoms with Crippen LogP contribution in [0.1, 0.15) is 18.4 Å². The van der Waals surface area contributed by atoms with Crippen LogP contribution in [0, 0.1) is 12.8 Å². The summed E-state index contributed by atoms with van der Waals surface area (Å²) in [5.41, 5.74) is 1.81. The van der Waals surface area contributed by atoms with Gasteiger partial charge in [-0.15, -0.1) is 0 Å². The number of sulfonamides is 1. The van der Waals surface area contributed by atoms with Gasteiger partial charge in [-0.1, -0.05) is 18.2 Å². The van der Waals surface area contributed by atoms with Gasteiger partial charge in [-0.3, -0.25) is 9.59 Å². The van der Waals surface area contributed by atoms with Crippen molar-refractivity contribution >= 4 is 33.5 Å². The van der Waals surface area contributed by atoms with E-state index in [0.717, 1.165) is 11.3 Å². The number of amides is 2. The molecule has 11 heteroatoms. The lowest BCUT2D eigenvalue weighted by Gasteiger charge is -2.33. The van der Waals surface area contributed by atoms with Crippen LogP contribution in [-0.2, 0) is 19.6 Å². The molecular formula is C23H30N6O4S. The van der Waals surface area contributed by atoms with Crippen LogP contribution in [0.4, 0.5) is 11.6 Å². The SMILES string of the molecule is Cc1ccccc1N1CC(C(=O)NCCCS(=O)(=O)N2CCN(c3ncccn3)CC2)CC1=O. The molecule has 0 bridgehead atoms. The van der Waals surface area contributed by atoms with Crippen LogP contribution in [0.25, 0.3) is 0 Å². The van der Waals surface area contributed by atoms with Crippen molar-refractivity contribution in [3.8, 4) is 0 Å². The van der Waals surface area contributed by atoms with Crippen molar-refractivity contribution in [3.05, 3.63) is 48.3 Å². The van der Waals surface area contributed by atoms with Crippen LogP contribution in [0.15, 0.2) is 42.7 Å². The van der Waals surface area contributed by atoms with Gasteiger partial charge in [0.25, 0.3) is 0 Å². The zero-order valence-corrected chi connectivity index (χ0v) is 20.1. The van der Waals surface area contributed by atoms with Crippen molar-refractivity contribution in [3.63, 3.8) is 0 Å². The Kier molecular flexibility index (Phi) is 7.42. The number of anilines is 2. The number of aromatic nitrogens is 2. The molecule has 2 amide bonds. The maximum absolute atomic E-state index is 12.7. The lowest BCUT2D eigenvalue weighted by atomic mass is 10.1. The maximum atomic E-state index is 12.7. The summed E-state index contributed by atoms with van der Waals surface area (Å²) in [7, 11) is -3.41. The Bertz CT molecular complexity index is 1120. The Balaban J connectivity index is 1.20. The third kappa shape index (κ3) is 5.53. The first kappa shape index (κ1) is 24.1. The molecule has 0 saturated carbocycles. The average molecular weight is 487 g/mol. The third-order valence-corrected chi connectivity index (χ3v) is 8.20. The monoisotopic (exact) mass is 486 g/mol. The largest absolute Gasteiger partial charge is 0.356 e. The Morgan fingerprint density at radius 3 is 2.50 bits per heavy atom. The van der Waals surface area contributed by atoms with Crippen LogP contribution in [-0.4, -0.2) is 79.5 Å². The number of para-hydroxylation sites is 1. The number of aryl methyl sites for hydroxylation is 1. The van der Waals surface area contributed by atoms with Crippen molar-refractivity contribution in [2.24, 2.45) is 5.92 Å². The summed E-state index contributed by atoms with van der Waals surface area (Å²) in [6, 6.07) is 9.35. The molecule has 1 aromatic heterocycles. The number of rotatable bonds is 8. The summed E-state index contributed by atoms with van der Waals surface area (Å²) in [5, 5.41) is 2.81. The van der Waals surface area contributed by atoms with E-state index in [1.54, 1.807) is 23.4 Å². The highest BCUT2D eigenvalue weighted by atomic mass is 32.2. The molecule has 4 rings (SSSR count). The third-order valence-electron chi connectivity index (χ3n) is 6.25. The van der Waals surface area contributed by atoms with Gasteiger partial charge >= 0.3 is 0 Å². The molecule has 1 atom stereocenters. The summed E-state index contributed by atoms with van der Waals surface area (Å²) in [6.07, 6.45) is 3.81. The number of benzene rings is 1. The smallest absolute Gasteiger partial charge is 0.227 e. The van der Waals surface area contributed by atoms with Crippen LogP contribution in [0.5, 0.6) is 0 Å². The molecule has 3 heterocycles. The molecule has 2 saturated heterocycles. The molecule has 2 fully saturated rings. The molecule has 2 aromatic rings. The second kappa shape index (κ2) is 10.5. The summed E-state index contributed by atoms with van der Waals surface area (Å²) >= 11 is 0. The van der Waals surface area contributed by atoms with Gasteiger partial charge in [0.15, 0.2) is 0 Å². The van der Waals surface area contributed by atoms with Crippen molar-refractivity contribution in [2.45, 2.75) is 19.8 Å². The van der Waals surface area contributed by atoms with E-state index in [0.29, 0.717) is 45.1 Å². The van der Waals surface area contributed by atoms with Crippen molar-refractivity contribution < 1.29 is 18.0 Å². The van der Waals surface area contributed by atoms with Crippen molar-refractivity contribution in [1.82, 2.24) is 19.6 Å². The van der Waals surface area contributed by atoms with Crippen LogP contribution in [0.3, 0.4) is 0 Å². The molecule has 0 aliphatic carbocycles. The van der Waals surface area contributed by atoms with Gasteiger partial charge in [-0.2, -0.15) is 4.31 Å². The van der Waals surface area contributed by atoms with E-state index in [1.807, 2.05) is 36.1 Å². The number of hydrogen-bond donors (Lipinski definition) is 1. The predicted octanol–water partition coefficient (Wildman–Crippen LogP) is 0.796. The molecule has 0 radical (unpaired) electrons. The normalized spacial score (nSPS) is 19.4. The first-order chi connectivity index (χ1) is 16.3. The number of piperazine rings is 1. The predicted molar refractivity (Wildman–Crippen MR) is 129 cm³/mol. The highest BCUT2D eigenvalue weighted by molar-refractivity contribution is 7.89. The molecule has 1 aromatic carbocycles. The summed E-state index contributed by atoms with van der Waals surface area (Å²) in [6.45, 7) is 4.36. The first-order valence-corrected chi connectivity index (χ1v) is 13.1. The van der Waals surface area contributed by atoms with Crippen LogP contribution in [0.2, 0.25) is 0 Å². The van der Waals surface area contributed by atoms with E-state index in [2.05, 4.69) is 15.3 Å². The number of carbonyl (C=O) groups is 2. The fourth-order valence-electron chi connectivity index (χ4n) is 4.34. The summed E-state index contributed by atoms with van der Waals surface area (Å²) in [5.74, 6) is -0.144. The second-order valence-electron chi connectivity index (χ2n) is 8.59. The number of nitrogens with one attached hydrogen (secondary N) is 1. The van der Waals surface area contributed by atoms with E-state index < -0.39 is 15.9 Å². The quantitative estimate of drug-likeness (QED) is 0.549. The number of nitrogens with zero attached hydrogens (tertiary/aromatic N) is 5. The Morgan fingerprint density at radius 2 is 1.79 bits per heavy atom. The van der Waals surface area contributed by atoms with Crippen molar-refractivity contribution in [2.75, 3.05) is 54.8 Å². The summed E-state index contributed by atoms with van der Waals surface area (Å²) < 4.78 is 26.9. The molecule has 2 aliphatic heterocycles. The average Bonchev–Trinajstić information content (AvgIpc) is 3.24. The minimum Gasteiger partial charge on any atom is -0.356 e. The highest BCUT2D eigenvalue weighted by Gasteiger charge is 2.35. The number of hydrogen-bond acceptors (Lipinski definition) is 7.